The molecule has 2 nitrogen and oxygen atoms in total. The molecule has 2 heteroatoms. The molecular weight excluding hydrogens is 222 g/mol. The number of aryl methyl sites for hydroxylation is 1. The lowest BCUT2D eigenvalue weighted by molar-refractivity contribution is 0.166. The van der Waals surface area contributed by atoms with Crippen LogP contribution in [0.5, 0.6) is 5.75 Å². The summed E-state index contributed by atoms with van der Waals surface area (Å²) in [4.78, 5) is 0. The summed E-state index contributed by atoms with van der Waals surface area (Å²) in [6.45, 7) is 14.8. The average molecular weight is 249 g/mol. The van der Waals surface area contributed by atoms with Crippen molar-refractivity contribution in [1.29, 1.82) is 0 Å². The Hall–Kier alpha value is -1.02. The molecule has 102 valence electrons. The Kier molecular flexibility index (Phi) is 4.80. The summed E-state index contributed by atoms with van der Waals surface area (Å²) in [5.74, 6) is 0.949. The Morgan fingerprint density at radius 1 is 1.00 bits per heavy atom. The fourth-order valence-corrected chi connectivity index (χ4v) is 1.47. The molecule has 0 aliphatic rings. The Bertz CT molecular complexity index is 360. The number of ether oxygens (including phenoxy) is 1. The zero-order valence-corrected chi connectivity index (χ0v) is 12.6. The highest BCUT2D eigenvalue weighted by Gasteiger charge is 2.21. The molecule has 0 aromatic heterocycles. The number of nitrogens with one attached hydrogen (secondary N) is 1. The number of rotatable bonds is 5. The Balaban J connectivity index is 2.43. The van der Waals surface area contributed by atoms with Crippen LogP contribution in [-0.2, 0) is 0 Å². The number of hydrogen-bond donors (Lipinski definition) is 1. The minimum atomic E-state index is 0.123. The first kappa shape index (κ1) is 15.0. The Morgan fingerprint density at radius 3 is 2.06 bits per heavy atom. The zero-order chi connectivity index (χ0) is 13.8. The van der Waals surface area contributed by atoms with E-state index in [0.717, 1.165) is 18.9 Å². The average Bonchev–Trinajstić information content (AvgIpc) is 2.25. The molecule has 0 fully saturated rings. The van der Waals surface area contributed by atoms with Crippen molar-refractivity contribution in [2.75, 3.05) is 13.2 Å². The van der Waals surface area contributed by atoms with Crippen molar-refractivity contribution in [1.82, 2.24) is 5.32 Å². The highest BCUT2D eigenvalue weighted by Crippen LogP contribution is 2.19. The molecule has 0 bridgehead atoms. The van der Waals surface area contributed by atoms with Crippen LogP contribution in [-0.4, -0.2) is 18.7 Å². The summed E-state index contributed by atoms with van der Waals surface area (Å²) in [7, 11) is 0. The van der Waals surface area contributed by atoms with E-state index in [4.69, 9.17) is 4.74 Å². The number of hydrogen-bond acceptors (Lipinski definition) is 2. The van der Waals surface area contributed by atoms with E-state index < -0.39 is 0 Å². The molecule has 0 saturated carbocycles. The highest BCUT2D eigenvalue weighted by atomic mass is 16.5. The van der Waals surface area contributed by atoms with Gasteiger partial charge in [-0.15, -0.1) is 0 Å². The third-order valence-corrected chi connectivity index (χ3v) is 2.75. The molecule has 0 saturated heterocycles. The second-order valence-corrected chi connectivity index (χ2v) is 6.87. The Labute approximate surface area is 112 Å². The minimum Gasteiger partial charge on any atom is -0.493 e. The van der Waals surface area contributed by atoms with Crippen molar-refractivity contribution < 1.29 is 4.74 Å². The standard InChI is InChI=1S/C16H27NO/c1-13-7-9-14(10-8-13)18-12-16(5,6)11-17-15(2,3)4/h7-10,17H,11-12H2,1-6H3. The normalized spacial score (nSPS) is 12.6. The molecule has 1 N–H and O–H groups in total. The molecule has 0 radical (unpaired) electrons. The van der Waals surface area contributed by atoms with Crippen LogP contribution in [0.1, 0.15) is 40.2 Å². The largest absolute Gasteiger partial charge is 0.493 e. The van der Waals surface area contributed by atoms with Crippen molar-refractivity contribution in [3.05, 3.63) is 29.8 Å². The van der Waals surface area contributed by atoms with Gasteiger partial charge in [-0.2, -0.15) is 0 Å². The lowest BCUT2D eigenvalue weighted by atomic mass is 9.93. The first-order valence-corrected chi connectivity index (χ1v) is 6.62. The Morgan fingerprint density at radius 2 is 1.56 bits per heavy atom. The van der Waals surface area contributed by atoms with Gasteiger partial charge >= 0.3 is 0 Å². The first-order valence-electron chi connectivity index (χ1n) is 6.62. The van der Waals surface area contributed by atoms with Gasteiger partial charge in [0.05, 0.1) is 6.61 Å². The zero-order valence-electron chi connectivity index (χ0n) is 12.6. The minimum absolute atomic E-state index is 0.123. The summed E-state index contributed by atoms with van der Waals surface area (Å²) in [6, 6.07) is 8.22. The molecule has 0 unspecified atom stereocenters. The van der Waals surface area contributed by atoms with Crippen LogP contribution in [0, 0.1) is 12.3 Å². The molecule has 0 heterocycles. The van der Waals surface area contributed by atoms with Gasteiger partial charge in [-0.1, -0.05) is 31.5 Å². The second kappa shape index (κ2) is 5.75. The van der Waals surface area contributed by atoms with Gasteiger partial charge in [-0.25, -0.2) is 0 Å². The summed E-state index contributed by atoms with van der Waals surface area (Å²) in [5.41, 5.74) is 1.54. The van der Waals surface area contributed by atoms with Crippen LogP contribution in [0.4, 0.5) is 0 Å². The van der Waals surface area contributed by atoms with Gasteiger partial charge in [0.25, 0.3) is 0 Å². The van der Waals surface area contributed by atoms with Crippen LogP contribution >= 0.6 is 0 Å². The summed E-state index contributed by atoms with van der Waals surface area (Å²) < 4.78 is 5.85. The maximum absolute atomic E-state index is 5.85. The van der Waals surface area contributed by atoms with E-state index in [1.54, 1.807) is 0 Å². The molecule has 0 aliphatic carbocycles. The molecule has 1 aromatic carbocycles. The maximum atomic E-state index is 5.85. The summed E-state index contributed by atoms with van der Waals surface area (Å²) in [6.07, 6.45) is 0. The van der Waals surface area contributed by atoms with E-state index in [0.29, 0.717) is 0 Å². The number of benzene rings is 1. The molecule has 1 aromatic rings. The topological polar surface area (TPSA) is 21.3 Å². The quantitative estimate of drug-likeness (QED) is 0.857. The molecule has 0 spiro atoms. The lowest BCUT2D eigenvalue weighted by Crippen LogP contribution is -2.43. The summed E-state index contributed by atoms with van der Waals surface area (Å²) in [5, 5.41) is 3.53. The van der Waals surface area contributed by atoms with Crippen LogP contribution < -0.4 is 10.1 Å². The van der Waals surface area contributed by atoms with Gasteiger partial charge in [0.15, 0.2) is 0 Å². The van der Waals surface area contributed by atoms with E-state index in [-0.39, 0.29) is 11.0 Å². The van der Waals surface area contributed by atoms with Gasteiger partial charge in [0.2, 0.25) is 0 Å². The third kappa shape index (κ3) is 6.06. The van der Waals surface area contributed by atoms with E-state index in [9.17, 15) is 0 Å². The van der Waals surface area contributed by atoms with Crippen molar-refractivity contribution >= 4 is 0 Å². The smallest absolute Gasteiger partial charge is 0.119 e. The predicted molar refractivity (Wildman–Crippen MR) is 78.2 cm³/mol. The van der Waals surface area contributed by atoms with Crippen molar-refractivity contribution in [2.24, 2.45) is 5.41 Å². The van der Waals surface area contributed by atoms with Gasteiger partial charge in [0, 0.05) is 17.5 Å². The highest BCUT2D eigenvalue weighted by molar-refractivity contribution is 5.26. The fraction of sp³-hybridized carbons (Fsp3) is 0.625. The molecule has 1 rings (SSSR count). The van der Waals surface area contributed by atoms with Crippen LogP contribution in [0.3, 0.4) is 0 Å². The SMILES string of the molecule is Cc1ccc(OCC(C)(C)CNC(C)(C)C)cc1. The van der Waals surface area contributed by atoms with Gasteiger partial charge < -0.3 is 10.1 Å². The molecule has 0 amide bonds. The van der Waals surface area contributed by atoms with Crippen LogP contribution in [0.15, 0.2) is 24.3 Å². The monoisotopic (exact) mass is 249 g/mol. The lowest BCUT2D eigenvalue weighted by Gasteiger charge is -2.30. The van der Waals surface area contributed by atoms with E-state index in [2.05, 4.69) is 59.0 Å². The van der Waals surface area contributed by atoms with Crippen LogP contribution in [0.25, 0.3) is 0 Å². The predicted octanol–water partition coefficient (Wildman–Crippen LogP) is 3.79. The van der Waals surface area contributed by atoms with Crippen molar-refractivity contribution in [3.63, 3.8) is 0 Å². The van der Waals surface area contributed by atoms with Crippen molar-refractivity contribution in [3.8, 4) is 5.75 Å². The van der Waals surface area contributed by atoms with E-state index in [1.807, 2.05) is 12.1 Å². The molecular formula is C16H27NO. The molecule has 0 atom stereocenters. The van der Waals surface area contributed by atoms with Crippen LogP contribution in [0.2, 0.25) is 0 Å². The molecule has 18 heavy (non-hydrogen) atoms. The van der Waals surface area contributed by atoms with Crippen molar-refractivity contribution in [2.45, 2.75) is 47.1 Å². The van der Waals surface area contributed by atoms with E-state index in [1.165, 1.54) is 5.56 Å². The van der Waals surface area contributed by atoms with Gasteiger partial charge in [0.1, 0.15) is 5.75 Å². The first-order chi connectivity index (χ1) is 8.18. The second-order valence-electron chi connectivity index (χ2n) is 6.87. The fourth-order valence-electron chi connectivity index (χ4n) is 1.47. The van der Waals surface area contributed by atoms with E-state index >= 15 is 0 Å². The van der Waals surface area contributed by atoms with Gasteiger partial charge in [-0.3, -0.25) is 0 Å². The molecule has 0 aliphatic heterocycles. The third-order valence-electron chi connectivity index (χ3n) is 2.75. The maximum Gasteiger partial charge on any atom is 0.119 e. The summed E-state index contributed by atoms with van der Waals surface area (Å²) >= 11 is 0. The van der Waals surface area contributed by atoms with Gasteiger partial charge in [-0.05, 0) is 39.8 Å².